The molecule has 0 saturated heterocycles. The molecular weight excluding hydrogens is 162 g/mol. The highest BCUT2D eigenvalue weighted by atomic mass is 19.1. The maximum atomic E-state index is 12.8. The van der Waals surface area contributed by atoms with Crippen LogP contribution < -0.4 is 5.73 Å². The third-order valence-electron chi connectivity index (χ3n) is 1.21. The van der Waals surface area contributed by atoms with Gasteiger partial charge in [-0.15, -0.1) is 0 Å². The molecule has 0 bridgehead atoms. The van der Waals surface area contributed by atoms with E-state index in [1.54, 1.807) is 0 Å². The summed E-state index contributed by atoms with van der Waals surface area (Å²) in [5.74, 6) is -1.10. The predicted octanol–water partition coefficient (Wildman–Crippen LogP) is 1.97. The van der Waals surface area contributed by atoms with Crippen molar-refractivity contribution in [3.8, 4) is 0 Å². The van der Waals surface area contributed by atoms with Gasteiger partial charge in [0, 0.05) is 6.07 Å². The molecule has 0 aliphatic carbocycles. The van der Waals surface area contributed by atoms with Crippen molar-refractivity contribution in [3.05, 3.63) is 29.8 Å². The van der Waals surface area contributed by atoms with E-state index in [9.17, 15) is 8.78 Å². The third-order valence-corrected chi connectivity index (χ3v) is 1.21. The summed E-state index contributed by atoms with van der Waals surface area (Å²) in [4.78, 5) is 3.65. The molecule has 1 rings (SSSR count). The molecule has 0 atom stereocenters. The molecule has 4 heteroatoms. The molecule has 0 spiro atoms. The van der Waals surface area contributed by atoms with Gasteiger partial charge in [0.1, 0.15) is 11.5 Å². The van der Waals surface area contributed by atoms with E-state index in [0.29, 0.717) is 0 Å². The normalized spacial score (nSPS) is 11.8. The Morgan fingerprint density at radius 3 is 2.58 bits per heavy atom. The molecule has 1 aromatic carbocycles. The lowest BCUT2D eigenvalue weighted by Crippen LogP contribution is -2.04. The first kappa shape index (κ1) is 8.64. The molecule has 0 fully saturated rings. The van der Waals surface area contributed by atoms with Crippen molar-refractivity contribution in [2.24, 2.45) is 10.7 Å². The fourth-order valence-electron chi connectivity index (χ4n) is 0.762. The topological polar surface area (TPSA) is 38.4 Å². The second-order valence-corrected chi connectivity index (χ2v) is 2.35. The number of rotatable bonds is 1. The van der Waals surface area contributed by atoms with E-state index in [4.69, 9.17) is 5.73 Å². The van der Waals surface area contributed by atoms with Gasteiger partial charge in [0.25, 0.3) is 0 Å². The largest absolute Gasteiger partial charge is 0.387 e. The lowest BCUT2D eigenvalue weighted by molar-refractivity contribution is 0.585. The van der Waals surface area contributed by atoms with Crippen LogP contribution >= 0.6 is 0 Å². The smallest absolute Gasteiger partial charge is 0.151 e. The van der Waals surface area contributed by atoms with E-state index in [2.05, 4.69) is 4.99 Å². The van der Waals surface area contributed by atoms with E-state index in [1.165, 1.54) is 13.0 Å². The molecule has 64 valence electrons. The average molecular weight is 170 g/mol. The predicted molar refractivity (Wildman–Crippen MR) is 43.3 cm³/mol. The van der Waals surface area contributed by atoms with Crippen molar-refractivity contribution in [2.45, 2.75) is 6.92 Å². The molecule has 2 N–H and O–H groups in total. The minimum Gasteiger partial charge on any atom is -0.387 e. The van der Waals surface area contributed by atoms with Crippen molar-refractivity contribution < 1.29 is 8.78 Å². The zero-order chi connectivity index (χ0) is 9.14. The van der Waals surface area contributed by atoms with Crippen LogP contribution in [0.25, 0.3) is 0 Å². The first-order valence-electron chi connectivity index (χ1n) is 3.35. The van der Waals surface area contributed by atoms with Crippen molar-refractivity contribution in [1.29, 1.82) is 0 Å². The van der Waals surface area contributed by atoms with Gasteiger partial charge in [-0.25, -0.2) is 13.8 Å². The van der Waals surface area contributed by atoms with Crippen LogP contribution in [-0.2, 0) is 0 Å². The number of halogens is 2. The number of amidine groups is 1. The maximum Gasteiger partial charge on any atom is 0.151 e. The Balaban J connectivity index is 3.10. The second-order valence-electron chi connectivity index (χ2n) is 2.35. The van der Waals surface area contributed by atoms with Crippen molar-refractivity contribution in [1.82, 2.24) is 0 Å². The zero-order valence-corrected chi connectivity index (χ0v) is 6.51. The highest BCUT2D eigenvalue weighted by Gasteiger charge is 2.01. The minimum absolute atomic E-state index is 0.0522. The Morgan fingerprint density at radius 2 is 2.08 bits per heavy atom. The fourth-order valence-corrected chi connectivity index (χ4v) is 0.762. The highest BCUT2D eigenvalue weighted by Crippen LogP contribution is 2.17. The molecule has 12 heavy (non-hydrogen) atoms. The van der Waals surface area contributed by atoms with Gasteiger partial charge in [0.2, 0.25) is 0 Å². The summed E-state index contributed by atoms with van der Waals surface area (Å²) >= 11 is 0. The minimum atomic E-state index is -0.709. The summed E-state index contributed by atoms with van der Waals surface area (Å²) in [7, 11) is 0. The van der Waals surface area contributed by atoms with Crippen LogP contribution in [0.1, 0.15) is 6.92 Å². The molecule has 0 aliphatic heterocycles. The first-order valence-corrected chi connectivity index (χ1v) is 3.35. The Labute approximate surface area is 68.7 Å². The van der Waals surface area contributed by atoms with Gasteiger partial charge in [-0.2, -0.15) is 0 Å². The lowest BCUT2D eigenvalue weighted by Gasteiger charge is -1.96. The maximum absolute atomic E-state index is 12.8. The summed E-state index contributed by atoms with van der Waals surface area (Å²) in [6.07, 6.45) is 0. The van der Waals surface area contributed by atoms with Crippen LogP contribution in [0.3, 0.4) is 0 Å². The van der Waals surface area contributed by atoms with E-state index in [1.807, 2.05) is 0 Å². The Morgan fingerprint density at radius 1 is 1.42 bits per heavy atom. The molecular formula is C8H8F2N2. The Hall–Kier alpha value is -1.45. The summed E-state index contributed by atoms with van der Waals surface area (Å²) in [5, 5.41) is 0. The van der Waals surface area contributed by atoms with Crippen LogP contribution in [-0.4, -0.2) is 5.84 Å². The monoisotopic (exact) mass is 170 g/mol. The van der Waals surface area contributed by atoms with Crippen molar-refractivity contribution >= 4 is 11.5 Å². The third kappa shape index (κ3) is 2.02. The highest BCUT2D eigenvalue weighted by molar-refractivity contribution is 5.80. The first-order chi connectivity index (χ1) is 5.59. The number of aliphatic imine (C=N–C) groups is 1. The van der Waals surface area contributed by atoms with Crippen LogP contribution in [0.4, 0.5) is 14.5 Å². The van der Waals surface area contributed by atoms with E-state index < -0.39 is 11.6 Å². The Kier molecular flexibility index (Phi) is 2.38. The molecule has 0 aliphatic rings. The number of nitrogens with zero attached hydrogens (tertiary/aromatic N) is 1. The molecule has 0 radical (unpaired) electrons. The molecule has 2 nitrogen and oxygen atoms in total. The van der Waals surface area contributed by atoms with E-state index in [0.717, 1.165) is 12.1 Å². The molecule has 0 unspecified atom stereocenters. The number of hydrogen-bond acceptors (Lipinski definition) is 1. The van der Waals surface area contributed by atoms with Crippen molar-refractivity contribution in [2.75, 3.05) is 0 Å². The van der Waals surface area contributed by atoms with Crippen LogP contribution in [0.5, 0.6) is 0 Å². The SMILES string of the molecule is CC(N)=Nc1ccc(F)cc1F. The summed E-state index contributed by atoms with van der Waals surface area (Å²) in [6.45, 7) is 1.53. The van der Waals surface area contributed by atoms with Crippen LogP contribution in [0.15, 0.2) is 23.2 Å². The van der Waals surface area contributed by atoms with E-state index >= 15 is 0 Å². The molecule has 0 heterocycles. The van der Waals surface area contributed by atoms with Gasteiger partial charge in [0.15, 0.2) is 5.82 Å². The lowest BCUT2D eigenvalue weighted by atomic mass is 10.3. The number of benzene rings is 1. The molecule has 0 aromatic heterocycles. The number of hydrogen-bond donors (Lipinski definition) is 1. The van der Waals surface area contributed by atoms with Crippen molar-refractivity contribution in [3.63, 3.8) is 0 Å². The van der Waals surface area contributed by atoms with Gasteiger partial charge in [-0.3, -0.25) is 0 Å². The van der Waals surface area contributed by atoms with Crippen LogP contribution in [0, 0.1) is 11.6 Å². The molecule has 0 saturated carbocycles. The zero-order valence-electron chi connectivity index (χ0n) is 6.51. The molecule has 0 amide bonds. The summed E-state index contributed by atoms with van der Waals surface area (Å²) in [5.41, 5.74) is 5.27. The summed E-state index contributed by atoms with van der Waals surface area (Å²) in [6, 6.07) is 3.13. The fraction of sp³-hybridized carbons (Fsp3) is 0.125. The summed E-state index contributed by atoms with van der Waals surface area (Å²) < 4.78 is 25.2. The molecule has 1 aromatic rings. The van der Waals surface area contributed by atoms with Gasteiger partial charge < -0.3 is 5.73 Å². The van der Waals surface area contributed by atoms with Crippen LogP contribution in [0.2, 0.25) is 0 Å². The Bertz CT molecular complexity index is 317. The van der Waals surface area contributed by atoms with Gasteiger partial charge in [-0.05, 0) is 19.1 Å². The average Bonchev–Trinajstić information content (AvgIpc) is 1.94. The standard InChI is InChI=1S/C8H8F2N2/c1-5(11)12-8-3-2-6(9)4-7(8)10/h2-4H,1H3,(H2,11,12). The van der Waals surface area contributed by atoms with Gasteiger partial charge >= 0.3 is 0 Å². The second kappa shape index (κ2) is 3.30. The van der Waals surface area contributed by atoms with E-state index in [-0.39, 0.29) is 11.5 Å². The number of nitrogens with two attached hydrogens (primary N) is 1. The van der Waals surface area contributed by atoms with Gasteiger partial charge in [-0.1, -0.05) is 0 Å². The van der Waals surface area contributed by atoms with Gasteiger partial charge in [0.05, 0.1) is 5.84 Å². The quantitative estimate of drug-likeness (QED) is 0.508.